The van der Waals surface area contributed by atoms with Crippen molar-refractivity contribution in [2.45, 2.75) is 181 Å². The molecule has 0 heterocycles. The van der Waals surface area contributed by atoms with Crippen molar-refractivity contribution in [1.82, 2.24) is 0 Å². The molecule has 1 unspecified atom stereocenters. The van der Waals surface area contributed by atoms with Crippen LogP contribution < -0.4 is 0 Å². The van der Waals surface area contributed by atoms with Crippen molar-refractivity contribution in [2.24, 2.45) is 0 Å². The molecule has 0 aromatic rings. The number of hydrogen-bond acceptors (Lipinski definition) is 4. The van der Waals surface area contributed by atoms with Gasteiger partial charge in [-0.2, -0.15) is 0 Å². The van der Waals surface area contributed by atoms with E-state index in [0.29, 0.717) is 6.61 Å². The van der Waals surface area contributed by atoms with E-state index in [-0.39, 0.29) is 30.9 Å². The zero-order chi connectivity index (χ0) is 25.8. The van der Waals surface area contributed by atoms with Crippen LogP contribution in [-0.2, 0) is 19.1 Å². The standard InChI is InChI=1S/C31H60O4/c1-4-6-8-10-12-13-14-15-16-17-18-19-20-22-24-28-34-30(32)26-27-31(33)35-29(3)25-23-21-11-9-7-5-2/h29H,4-28H2,1-3H3. The van der Waals surface area contributed by atoms with Crippen LogP contribution in [-0.4, -0.2) is 24.6 Å². The minimum Gasteiger partial charge on any atom is -0.466 e. The van der Waals surface area contributed by atoms with Gasteiger partial charge in [0, 0.05) is 0 Å². The Morgan fingerprint density at radius 2 is 0.886 bits per heavy atom. The zero-order valence-electron chi connectivity index (χ0n) is 23.9. The van der Waals surface area contributed by atoms with E-state index < -0.39 is 0 Å². The summed E-state index contributed by atoms with van der Waals surface area (Å²) < 4.78 is 10.7. The summed E-state index contributed by atoms with van der Waals surface area (Å²) in [5.41, 5.74) is 0. The molecule has 0 aliphatic heterocycles. The van der Waals surface area contributed by atoms with Crippen molar-refractivity contribution < 1.29 is 19.1 Å². The topological polar surface area (TPSA) is 52.6 Å². The molecule has 0 radical (unpaired) electrons. The Kier molecular flexibility index (Phi) is 26.7. The maximum absolute atomic E-state index is 11.9. The summed E-state index contributed by atoms with van der Waals surface area (Å²) in [5.74, 6) is -0.566. The third kappa shape index (κ3) is 27.4. The van der Waals surface area contributed by atoms with Crippen LogP contribution in [0.15, 0.2) is 0 Å². The number of rotatable bonds is 27. The summed E-state index contributed by atoms with van der Waals surface area (Å²) in [6.07, 6.45) is 28.4. The summed E-state index contributed by atoms with van der Waals surface area (Å²) in [7, 11) is 0. The molecule has 35 heavy (non-hydrogen) atoms. The van der Waals surface area contributed by atoms with E-state index in [1.807, 2.05) is 6.92 Å². The van der Waals surface area contributed by atoms with Crippen molar-refractivity contribution in [3.63, 3.8) is 0 Å². The predicted molar refractivity (Wildman–Crippen MR) is 149 cm³/mol. The van der Waals surface area contributed by atoms with Gasteiger partial charge in [0.25, 0.3) is 0 Å². The molecule has 0 fully saturated rings. The maximum atomic E-state index is 11.9. The van der Waals surface area contributed by atoms with Crippen LogP contribution >= 0.6 is 0 Å². The Morgan fingerprint density at radius 3 is 1.34 bits per heavy atom. The number of ether oxygens (including phenoxy) is 2. The summed E-state index contributed by atoms with van der Waals surface area (Å²) in [6, 6.07) is 0. The molecule has 0 aliphatic rings. The van der Waals surface area contributed by atoms with Gasteiger partial charge in [-0.3, -0.25) is 9.59 Å². The summed E-state index contributed by atoms with van der Waals surface area (Å²) in [4.78, 5) is 23.8. The predicted octanol–water partition coefficient (Wildman–Crippen LogP) is 9.86. The largest absolute Gasteiger partial charge is 0.466 e. The first-order valence-corrected chi connectivity index (χ1v) is 15.4. The Balaban J connectivity index is 3.37. The van der Waals surface area contributed by atoms with Crippen LogP contribution in [0, 0.1) is 0 Å². The number of unbranched alkanes of at least 4 members (excludes halogenated alkanes) is 19. The average molecular weight is 497 g/mol. The first kappa shape index (κ1) is 33.9. The normalized spacial score (nSPS) is 12.0. The third-order valence-corrected chi connectivity index (χ3v) is 6.84. The fourth-order valence-corrected chi connectivity index (χ4v) is 4.49. The maximum Gasteiger partial charge on any atom is 0.306 e. The van der Waals surface area contributed by atoms with Gasteiger partial charge in [0.15, 0.2) is 0 Å². The van der Waals surface area contributed by atoms with Crippen LogP contribution in [0.3, 0.4) is 0 Å². The van der Waals surface area contributed by atoms with Crippen LogP contribution in [0.2, 0.25) is 0 Å². The minimum atomic E-state index is -0.285. The van der Waals surface area contributed by atoms with Crippen LogP contribution in [0.4, 0.5) is 0 Å². The SMILES string of the molecule is CCCCCCCCCCCCCCCCCOC(=O)CCC(=O)OC(C)CCCCCCCC. The molecule has 0 rings (SSSR count). The number of esters is 2. The molecule has 4 heteroatoms. The molecule has 0 aliphatic carbocycles. The quantitative estimate of drug-likeness (QED) is 0.0838. The van der Waals surface area contributed by atoms with Crippen molar-refractivity contribution >= 4 is 11.9 Å². The average Bonchev–Trinajstić information content (AvgIpc) is 2.84. The van der Waals surface area contributed by atoms with Crippen molar-refractivity contribution in [3.8, 4) is 0 Å². The number of carbonyl (C=O) groups is 2. The lowest BCUT2D eigenvalue weighted by molar-refractivity contribution is -0.153. The van der Waals surface area contributed by atoms with E-state index in [1.165, 1.54) is 116 Å². The molecule has 0 aromatic heterocycles. The molecule has 0 saturated carbocycles. The molecule has 0 aromatic carbocycles. The third-order valence-electron chi connectivity index (χ3n) is 6.84. The summed E-state index contributed by atoms with van der Waals surface area (Å²) >= 11 is 0. The zero-order valence-corrected chi connectivity index (χ0v) is 23.9. The van der Waals surface area contributed by atoms with Crippen molar-refractivity contribution in [1.29, 1.82) is 0 Å². The molecular formula is C31H60O4. The van der Waals surface area contributed by atoms with Crippen LogP contribution in [0.25, 0.3) is 0 Å². The first-order chi connectivity index (χ1) is 17.1. The van der Waals surface area contributed by atoms with E-state index in [9.17, 15) is 9.59 Å². The number of carbonyl (C=O) groups excluding carboxylic acids is 2. The van der Waals surface area contributed by atoms with Gasteiger partial charge in [-0.15, -0.1) is 0 Å². The minimum absolute atomic E-state index is 0.0648. The Labute approximate surface area is 218 Å². The summed E-state index contributed by atoms with van der Waals surface area (Å²) in [5, 5.41) is 0. The van der Waals surface area contributed by atoms with E-state index >= 15 is 0 Å². The Hall–Kier alpha value is -1.06. The van der Waals surface area contributed by atoms with Gasteiger partial charge in [-0.05, 0) is 26.2 Å². The fourth-order valence-electron chi connectivity index (χ4n) is 4.49. The van der Waals surface area contributed by atoms with E-state index in [4.69, 9.17) is 9.47 Å². The van der Waals surface area contributed by atoms with E-state index in [0.717, 1.165) is 25.7 Å². The Morgan fingerprint density at radius 1 is 0.514 bits per heavy atom. The molecule has 0 N–H and O–H groups in total. The van der Waals surface area contributed by atoms with Crippen LogP contribution in [0.5, 0.6) is 0 Å². The lowest BCUT2D eigenvalue weighted by atomic mass is 10.0. The van der Waals surface area contributed by atoms with Crippen LogP contribution in [0.1, 0.15) is 175 Å². The highest BCUT2D eigenvalue weighted by atomic mass is 16.5. The first-order valence-electron chi connectivity index (χ1n) is 15.4. The second kappa shape index (κ2) is 27.5. The molecule has 4 nitrogen and oxygen atoms in total. The molecule has 0 bridgehead atoms. The highest BCUT2D eigenvalue weighted by Gasteiger charge is 2.12. The number of hydrogen-bond donors (Lipinski definition) is 0. The van der Waals surface area contributed by atoms with Gasteiger partial charge >= 0.3 is 11.9 Å². The van der Waals surface area contributed by atoms with Gasteiger partial charge in [0.2, 0.25) is 0 Å². The van der Waals surface area contributed by atoms with Gasteiger partial charge in [0.05, 0.1) is 25.6 Å². The second-order valence-corrected chi connectivity index (χ2v) is 10.5. The lowest BCUT2D eigenvalue weighted by Gasteiger charge is -2.13. The monoisotopic (exact) mass is 496 g/mol. The molecular weight excluding hydrogens is 436 g/mol. The highest BCUT2D eigenvalue weighted by molar-refractivity contribution is 5.77. The second-order valence-electron chi connectivity index (χ2n) is 10.5. The fraction of sp³-hybridized carbons (Fsp3) is 0.935. The van der Waals surface area contributed by atoms with Gasteiger partial charge < -0.3 is 9.47 Å². The molecule has 0 amide bonds. The molecule has 208 valence electrons. The van der Waals surface area contributed by atoms with Gasteiger partial charge in [-0.1, -0.05) is 136 Å². The lowest BCUT2D eigenvalue weighted by Crippen LogP contribution is -2.16. The molecule has 0 spiro atoms. The van der Waals surface area contributed by atoms with Gasteiger partial charge in [-0.25, -0.2) is 0 Å². The molecule has 1 atom stereocenters. The van der Waals surface area contributed by atoms with Crippen molar-refractivity contribution in [2.75, 3.05) is 6.61 Å². The Bertz CT molecular complexity index is 463. The smallest absolute Gasteiger partial charge is 0.306 e. The van der Waals surface area contributed by atoms with Crippen molar-refractivity contribution in [3.05, 3.63) is 0 Å². The highest BCUT2D eigenvalue weighted by Crippen LogP contribution is 2.14. The van der Waals surface area contributed by atoms with E-state index in [1.54, 1.807) is 0 Å². The van der Waals surface area contributed by atoms with Gasteiger partial charge in [0.1, 0.15) is 0 Å². The molecule has 0 saturated heterocycles. The summed E-state index contributed by atoms with van der Waals surface area (Å²) in [6.45, 7) is 6.91. The van der Waals surface area contributed by atoms with E-state index in [2.05, 4.69) is 13.8 Å².